The molecular weight excluding hydrogens is 398 g/mol. The monoisotopic (exact) mass is 425 g/mol. The summed E-state index contributed by atoms with van der Waals surface area (Å²) in [6.07, 6.45) is 4.72. The number of rotatable bonds is 6. The van der Waals surface area contributed by atoms with Crippen molar-refractivity contribution in [3.05, 3.63) is 60.1 Å². The molecule has 0 spiro atoms. The molecule has 2 aromatic heterocycles. The molecule has 9 heteroatoms. The molecule has 2 atom stereocenters. The molecule has 0 bridgehead atoms. The molecule has 0 amide bonds. The molecule has 2 unspecified atom stereocenters. The lowest BCUT2D eigenvalue weighted by Crippen LogP contribution is -2.37. The van der Waals surface area contributed by atoms with Gasteiger partial charge in [-0.3, -0.25) is 14.0 Å². The molecular formula is C21H27F4N5. The number of anilines is 1. The third-order valence-electron chi connectivity index (χ3n) is 5.62. The lowest BCUT2D eigenvalue weighted by Gasteiger charge is -2.37. The number of allylic oxidation sites excluding steroid dienone is 5. The van der Waals surface area contributed by atoms with Crippen molar-refractivity contribution in [1.29, 1.82) is 0 Å². The molecule has 2 aromatic rings. The maximum absolute atomic E-state index is 13.4. The maximum atomic E-state index is 13.4. The minimum absolute atomic E-state index is 0.135. The van der Waals surface area contributed by atoms with Crippen molar-refractivity contribution in [2.24, 2.45) is 7.05 Å². The van der Waals surface area contributed by atoms with Gasteiger partial charge in [-0.05, 0) is 39.7 Å². The molecule has 0 aliphatic carbocycles. The zero-order chi connectivity index (χ0) is 22.2. The minimum Gasteiger partial charge on any atom is -0.341 e. The Kier molecular flexibility index (Phi) is 6.01. The highest BCUT2D eigenvalue weighted by Gasteiger charge is 2.38. The first kappa shape index (κ1) is 22.0. The number of alkyl halides is 3. The molecule has 1 aliphatic rings. The average Bonchev–Trinajstić information content (AvgIpc) is 3.13. The van der Waals surface area contributed by atoms with E-state index >= 15 is 0 Å². The fourth-order valence-corrected chi connectivity index (χ4v) is 3.80. The molecule has 0 aromatic carbocycles. The molecule has 0 N–H and O–H groups in total. The van der Waals surface area contributed by atoms with Crippen LogP contribution in [0.1, 0.15) is 50.7 Å². The Balaban J connectivity index is 1.82. The van der Waals surface area contributed by atoms with Gasteiger partial charge in [-0.1, -0.05) is 18.7 Å². The van der Waals surface area contributed by atoms with Crippen molar-refractivity contribution in [3.8, 4) is 0 Å². The fourth-order valence-electron chi connectivity index (χ4n) is 3.80. The third kappa shape index (κ3) is 3.97. The van der Waals surface area contributed by atoms with Gasteiger partial charge < -0.3 is 4.90 Å². The molecule has 3 heterocycles. The zero-order valence-corrected chi connectivity index (χ0v) is 17.6. The predicted molar refractivity (Wildman–Crippen MR) is 109 cm³/mol. The summed E-state index contributed by atoms with van der Waals surface area (Å²) < 4.78 is 56.7. The second-order valence-electron chi connectivity index (χ2n) is 7.53. The first-order valence-corrected chi connectivity index (χ1v) is 9.90. The summed E-state index contributed by atoms with van der Waals surface area (Å²) in [5, 5.41) is 4.49. The van der Waals surface area contributed by atoms with E-state index in [0.29, 0.717) is 12.2 Å². The summed E-state index contributed by atoms with van der Waals surface area (Å²) in [7, 11) is 1.39. The smallest absolute Gasteiger partial charge is 0.341 e. The van der Waals surface area contributed by atoms with E-state index in [1.165, 1.54) is 23.9 Å². The van der Waals surface area contributed by atoms with Crippen molar-refractivity contribution in [2.45, 2.75) is 51.9 Å². The molecule has 30 heavy (non-hydrogen) atoms. The van der Waals surface area contributed by atoms with E-state index in [2.05, 4.69) is 11.7 Å². The van der Waals surface area contributed by atoms with Gasteiger partial charge >= 0.3 is 6.18 Å². The van der Waals surface area contributed by atoms with Gasteiger partial charge in [0.05, 0.1) is 35.9 Å². The van der Waals surface area contributed by atoms with Crippen LogP contribution in [0.25, 0.3) is 0 Å². The molecule has 0 saturated heterocycles. The summed E-state index contributed by atoms with van der Waals surface area (Å²) in [5.41, 5.74) is 1.93. The molecule has 3 rings (SSSR count). The van der Waals surface area contributed by atoms with E-state index < -0.39 is 11.9 Å². The topological polar surface area (TPSA) is 30.9 Å². The average molecular weight is 425 g/mol. The standard InChI is InChI=1S/C21H27F4N5/c1-6-17(22)10-9-14(2)30-18-8-7-11-28(19(18)12-26-30)15(3)16(4)29-13-20(27(29)5)21(23,24)25/h6,9-10,12-14,16H,3,7-8,11H2,1-2,4-5H3/b10-9-,17-6+. The van der Waals surface area contributed by atoms with Crippen LogP contribution in [0.4, 0.5) is 23.2 Å². The van der Waals surface area contributed by atoms with Crippen LogP contribution in [-0.4, -0.2) is 25.7 Å². The molecule has 0 radical (unpaired) electrons. The highest BCUT2D eigenvalue weighted by molar-refractivity contribution is 5.57. The third-order valence-corrected chi connectivity index (χ3v) is 5.62. The number of halogens is 4. The Morgan fingerprint density at radius 3 is 2.60 bits per heavy atom. The van der Waals surface area contributed by atoms with E-state index in [-0.39, 0.29) is 17.9 Å². The quantitative estimate of drug-likeness (QED) is 0.448. The molecule has 164 valence electrons. The number of hydrogen-bond donors (Lipinski definition) is 0. The SMILES string of the molecule is C=C(C(C)n1cc(C(F)(F)F)n1C)N1CCCc2c1cnn2C(C)/C=C\C(F)=C/C. The van der Waals surface area contributed by atoms with Gasteiger partial charge in [-0.2, -0.15) is 18.3 Å². The minimum atomic E-state index is -4.37. The van der Waals surface area contributed by atoms with Crippen LogP contribution in [0.2, 0.25) is 0 Å². The number of nitrogens with zero attached hydrogens (tertiary/aromatic N) is 5. The number of fused-ring (bicyclic) bond motifs is 1. The second kappa shape index (κ2) is 8.20. The largest absolute Gasteiger partial charge is 0.434 e. The molecule has 0 saturated carbocycles. The van der Waals surface area contributed by atoms with Crippen LogP contribution in [0.15, 0.2) is 48.7 Å². The van der Waals surface area contributed by atoms with Crippen LogP contribution < -0.4 is 4.90 Å². The summed E-state index contributed by atoms with van der Waals surface area (Å²) in [6, 6.07) is -0.486. The van der Waals surface area contributed by atoms with Crippen LogP contribution in [-0.2, 0) is 19.6 Å². The second-order valence-corrected chi connectivity index (χ2v) is 7.53. The van der Waals surface area contributed by atoms with Gasteiger partial charge in [0.1, 0.15) is 5.83 Å². The Morgan fingerprint density at radius 2 is 2.00 bits per heavy atom. The van der Waals surface area contributed by atoms with Gasteiger partial charge in [0, 0.05) is 19.3 Å². The first-order valence-electron chi connectivity index (χ1n) is 9.90. The summed E-state index contributed by atoms with van der Waals surface area (Å²) in [6.45, 7) is 10.3. The first-order chi connectivity index (χ1) is 14.1. The van der Waals surface area contributed by atoms with E-state index in [1.54, 1.807) is 19.2 Å². The van der Waals surface area contributed by atoms with Crippen molar-refractivity contribution < 1.29 is 17.6 Å². The van der Waals surface area contributed by atoms with Crippen molar-refractivity contribution in [2.75, 3.05) is 11.4 Å². The van der Waals surface area contributed by atoms with Gasteiger partial charge in [0.25, 0.3) is 0 Å². The van der Waals surface area contributed by atoms with Crippen LogP contribution in [0.5, 0.6) is 0 Å². The molecule has 5 nitrogen and oxygen atoms in total. The number of aromatic nitrogens is 4. The lowest BCUT2D eigenvalue weighted by atomic mass is 10.1. The van der Waals surface area contributed by atoms with Gasteiger partial charge in [-0.25, -0.2) is 4.39 Å². The zero-order valence-electron chi connectivity index (χ0n) is 17.6. The Bertz CT molecular complexity index is 973. The molecule has 1 aliphatic heterocycles. The molecule has 0 fully saturated rings. The van der Waals surface area contributed by atoms with E-state index in [4.69, 9.17) is 0 Å². The van der Waals surface area contributed by atoms with Crippen molar-refractivity contribution in [3.63, 3.8) is 0 Å². The summed E-state index contributed by atoms with van der Waals surface area (Å²) >= 11 is 0. The van der Waals surface area contributed by atoms with Crippen LogP contribution in [0.3, 0.4) is 0 Å². The normalized spacial score (nSPS) is 17.5. The Labute approximate surface area is 173 Å². The van der Waals surface area contributed by atoms with Crippen molar-refractivity contribution >= 4 is 5.69 Å². The Morgan fingerprint density at radius 1 is 1.30 bits per heavy atom. The van der Waals surface area contributed by atoms with Crippen LogP contribution in [0, 0.1) is 0 Å². The highest BCUT2D eigenvalue weighted by Crippen LogP contribution is 2.37. The van der Waals surface area contributed by atoms with Gasteiger partial charge in [-0.15, -0.1) is 0 Å². The van der Waals surface area contributed by atoms with E-state index in [0.717, 1.165) is 35.1 Å². The number of hydrogen-bond acceptors (Lipinski definition) is 2. The Hall–Kier alpha value is -2.71. The van der Waals surface area contributed by atoms with E-state index in [1.807, 2.05) is 23.4 Å². The van der Waals surface area contributed by atoms with Gasteiger partial charge in [0.2, 0.25) is 0 Å². The lowest BCUT2D eigenvalue weighted by molar-refractivity contribution is -0.149. The summed E-state index contributed by atoms with van der Waals surface area (Å²) in [5.74, 6) is -0.309. The fraction of sp³-hybridized carbons (Fsp3) is 0.476. The van der Waals surface area contributed by atoms with Crippen molar-refractivity contribution in [1.82, 2.24) is 19.1 Å². The van der Waals surface area contributed by atoms with E-state index in [9.17, 15) is 17.6 Å². The van der Waals surface area contributed by atoms with Crippen LogP contribution >= 0.6 is 0 Å². The highest BCUT2D eigenvalue weighted by atomic mass is 19.4. The predicted octanol–water partition coefficient (Wildman–Crippen LogP) is 5.56. The summed E-state index contributed by atoms with van der Waals surface area (Å²) in [4.78, 5) is 2.02. The maximum Gasteiger partial charge on any atom is 0.434 e. The van der Waals surface area contributed by atoms with Gasteiger partial charge in [0.15, 0.2) is 5.69 Å².